The van der Waals surface area contributed by atoms with Gasteiger partial charge in [0.2, 0.25) is 0 Å². The number of ether oxygens (including phenoxy) is 1. The number of hydrogen-bond acceptors (Lipinski definition) is 2. The second kappa shape index (κ2) is 9.85. The van der Waals surface area contributed by atoms with E-state index in [9.17, 15) is 0 Å². The molecule has 0 fully saturated rings. The molecule has 3 N–H and O–H groups in total. The Balaban J connectivity index is 0.00000361. The number of benzene rings is 1. The summed E-state index contributed by atoms with van der Waals surface area (Å²) in [7, 11) is 1.66. The highest BCUT2D eigenvalue weighted by molar-refractivity contribution is 14.0. The summed E-state index contributed by atoms with van der Waals surface area (Å²) in [5.41, 5.74) is 7.93. The summed E-state index contributed by atoms with van der Waals surface area (Å²) in [5.74, 6) is 2.01. The van der Waals surface area contributed by atoms with Gasteiger partial charge in [0.1, 0.15) is 5.75 Å². The van der Waals surface area contributed by atoms with Crippen LogP contribution in [-0.2, 0) is 6.54 Å². The molecule has 0 radical (unpaired) electrons. The van der Waals surface area contributed by atoms with Crippen molar-refractivity contribution in [3.63, 3.8) is 0 Å². The summed E-state index contributed by atoms with van der Waals surface area (Å²) in [6.07, 6.45) is 1.05. The topological polar surface area (TPSA) is 59.6 Å². The van der Waals surface area contributed by atoms with E-state index >= 15 is 0 Å². The average Bonchev–Trinajstić information content (AvgIpc) is 2.37. The fourth-order valence-corrected chi connectivity index (χ4v) is 1.61. The summed E-state index contributed by atoms with van der Waals surface area (Å²) in [6, 6.07) is 6.21. The third-order valence-corrected chi connectivity index (χ3v) is 2.88. The smallest absolute Gasteiger partial charge is 0.188 e. The normalized spacial score (nSPS) is 11.2. The predicted octanol–water partition coefficient (Wildman–Crippen LogP) is 3.07. The molecule has 0 aliphatic heterocycles. The minimum atomic E-state index is 0. The molecule has 0 heterocycles. The summed E-state index contributed by atoms with van der Waals surface area (Å²) in [5, 5.41) is 3.06. The largest absolute Gasteiger partial charge is 0.493 e. The number of aryl methyl sites for hydroxylation is 1. The van der Waals surface area contributed by atoms with Crippen molar-refractivity contribution in [3.05, 3.63) is 29.3 Å². The van der Waals surface area contributed by atoms with E-state index in [1.54, 1.807) is 7.05 Å². The van der Waals surface area contributed by atoms with Crippen LogP contribution in [0, 0.1) is 12.8 Å². The first-order valence-electron chi connectivity index (χ1n) is 6.71. The van der Waals surface area contributed by atoms with Crippen molar-refractivity contribution in [3.8, 4) is 5.75 Å². The summed E-state index contributed by atoms with van der Waals surface area (Å²) < 4.78 is 5.87. The Morgan fingerprint density at radius 2 is 2.10 bits per heavy atom. The highest BCUT2D eigenvalue weighted by atomic mass is 127. The first kappa shape index (κ1) is 19.0. The zero-order valence-corrected chi connectivity index (χ0v) is 15.1. The second-order valence-electron chi connectivity index (χ2n) is 5.10. The van der Waals surface area contributed by atoms with Gasteiger partial charge < -0.3 is 15.8 Å². The SMILES string of the molecule is CN=C(N)NCc1ccc(C)cc1OCCC(C)C.I. The highest BCUT2D eigenvalue weighted by Gasteiger charge is 2.05. The van der Waals surface area contributed by atoms with Crippen molar-refractivity contribution < 1.29 is 4.74 Å². The maximum atomic E-state index is 5.87. The Hall–Kier alpha value is -0.980. The molecule has 0 amide bonds. The Kier molecular flexibility index (Phi) is 9.37. The van der Waals surface area contributed by atoms with Gasteiger partial charge in [-0.25, -0.2) is 0 Å². The van der Waals surface area contributed by atoms with Crippen molar-refractivity contribution in [2.45, 2.75) is 33.7 Å². The lowest BCUT2D eigenvalue weighted by Gasteiger charge is -2.14. The molecule has 0 aromatic heterocycles. The maximum absolute atomic E-state index is 5.87. The van der Waals surface area contributed by atoms with E-state index < -0.39 is 0 Å². The predicted molar refractivity (Wildman–Crippen MR) is 95.9 cm³/mol. The lowest BCUT2D eigenvalue weighted by molar-refractivity contribution is 0.286. The molecule has 4 nitrogen and oxygen atoms in total. The molecule has 0 spiro atoms. The number of nitrogens with two attached hydrogens (primary N) is 1. The monoisotopic (exact) mass is 391 g/mol. The third kappa shape index (κ3) is 6.98. The molecule has 20 heavy (non-hydrogen) atoms. The first-order valence-corrected chi connectivity index (χ1v) is 6.71. The summed E-state index contributed by atoms with van der Waals surface area (Å²) >= 11 is 0. The molecule has 114 valence electrons. The van der Waals surface area contributed by atoms with Crippen LogP contribution in [-0.4, -0.2) is 19.6 Å². The third-order valence-electron chi connectivity index (χ3n) is 2.88. The minimum Gasteiger partial charge on any atom is -0.493 e. The summed E-state index contributed by atoms with van der Waals surface area (Å²) in [4.78, 5) is 3.88. The van der Waals surface area contributed by atoms with Crippen LogP contribution in [0.3, 0.4) is 0 Å². The van der Waals surface area contributed by atoms with Crippen LogP contribution in [0.25, 0.3) is 0 Å². The Labute approximate surface area is 139 Å². The number of aliphatic imine (C=N–C) groups is 1. The molecule has 1 aromatic rings. The van der Waals surface area contributed by atoms with Gasteiger partial charge in [0.25, 0.3) is 0 Å². The molecule has 0 bridgehead atoms. The van der Waals surface area contributed by atoms with Gasteiger partial charge in [0.15, 0.2) is 5.96 Å². The lowest BCUT2D eigenvalue weighted by atomic mass is 10.1. The van der Waals surface area contributed by atoms with E-state index in [0.29, 0.717) is 18.4 Å². The van der Waals surface area contributed by atoms with Crippen molar-refractivity contribution in [1.29, 1.82) is 0 Å². The van der Waals surface area contributed by atoms with E-state index in [4.69, 9.17) is 10.5 Å². The maximum Gasteiger partial charge on any atom is 0.188 e. The fourth-order valence-electron chi connectivity index (χ4n) is 1.61. The molecular formula is C15H26IN3O. The van der Waals surface area contributed by atoms with E-state index in [1.807, 2.05) is 0 Å². The van der Waals surface area contributed by atoms with Crippen molar-refractivity contribution >= 4 is 29.9 Å². The minimum absolute atomic E-state index is 0. The van der Waals surface area contributed by atoms with Crippen molar-refractivity contribution in [2.24, 2.45) is 16.6 Å². The number of hydrogen-bond donors (Lipinski definition) is 2. The number of nitrogens with zero attached hydrogens (tertiary/aromatic N) is 1. The molecule has 0 aliphatic carbocycles. The quantitative estimate of drug-likeness (QED) is 0.445. The van der Waals surface area contributed by atoms with Crippen LogP contribution in [0.4, 0.5) is 0 Å². The van der Waals surface area contributed by atoms with Gasteiger partial charge in [0, 0.05) is 19.2 Å². The van der Waals surface area contributed by atoms with E-state index in [1.165, 1.54) is 5.56 Å². The second-order valence-corrected chi connectivity index (χ2v) is 5.10. The van der Waals surface area contributed by atoms with Crippen molar-refractivity contribution in [1.82, 2.24) is 5.32 Å². The molecule has 1 rings (SSSR count). The van der Waals surface area contributed by atoms with E-state index in [0.717, 1.165) is 24.3 Å². The molecule has 0 unspecified atom stereocenters. The van der Waals surface area contributed by atoms with Gasteiger partial charge in [-0.2, -0.15) is 0 Å². The fraction of sp³-hybridized carbons (Fsp3) is 0.533. The number of rotatable bonds is 6. The lowest BCUT2D eigenvalue weighted by Crippen LogP contribution is -2.30. The Morgan fingerprint density at radius 3 is 2.70 bits per heavy atom. The van der Waals surface area contributed by atoms with Crippen LogP contribution in [0.15, 0.2) is 23.2 Å². The molecule has 1 aromatic carbocycles. The zero-order valence-electron chi connectivity index (χ0n) is 12.8. The van der Waals surface area contributed by atoms with Crippen LogP contribution in [0.2, 0.25) is 0 Å². The molecule has 0 saturated carbocycles. The van der Waals surface area contributed by atoms with Crippen molar-refractivity contribution in [2.75, 3.05) is 13.7 Å². The number of guanidine groups is 1. The Morgan fingerprint density at radius 1 is 1.40 bits per heavy atom. The van der Waals surface area contributed by atoms with Gasteiger partial charge in [-0.05, 0) is 30.9 Å². The van der Waals surface area contributed by atoms with Gasteiger partial charge in [-0.3, -0.25) is 4.99 Å². The van der Waals surface area contributed by atoms with Gasteiger partial charge in [-0.1, -0.05) is 26.0 Å². The Bertz CT molecular complexity index is 433. The molecule has 0 atom stereocenters. The first-order chi connectivity index (χ1) is 9.02. The average molecular weight is 391 g/mol. The molecular weight excluding hydrogens is 365 g/mol. The van der Waals surface area contributed by atoms with Crippen LogP contribution in [0.5, 0.6) is 5.75 Å². The molecule has 0 saturated heterocycles. The van der Waals surface area contributed by atoms with Crippen LogP contribution in [0.1, 0.15) is 31.4 Å². The standard InChI is InChI=1S/C15H25N3O.HI/c1-11(2)7-8-19-14-9-12(3)5-6-13(14)10-18-15(16)17-4;/h5-6,9,11H,7-8,10H2,1-4H3,(H3,16,17,18);1H. The van der Waals surface area contributed by atoms with Gasteiger partial charge >= 0.3 is 0 Å². The van der Waals surface area contributed by atoms with E-state index in [-0.39, 0.29) is 24.0 Å². The van der Waals surface area contributed by atoms with Crippen LogP contribution >= 0.6 is 24.0 Å². The van der Waals surface area contributed by atoms with Crippen LogP contribution < -0.4 is 15.8 Å². The highest BCUT2D eigenvalue weighted by Crippen LogP contribution is 2.21. The molecule has 0 aliphatic rings. The van der Waals surface area contributed by atoms with E-state index in [2.05, 4.69) is 49.3 Å². The van der Waals surface area contributed by atoms with Gasteiger partial charge in [-0.15, -0.1) is 24.0 Å². The number of halogens is 1. The zero-order chi connectivity index (χ0) is 14.3. The number of nitrogens with one attached hydrogen (secondary N) is 1. The van der Waals surface area contributed by atoms with Gasteiger partial charge in [0.05, 0.1) is 6.61 Å². The summed E-state index contributed by atoms with van der Waals surface area (Å²) in [6.45, 7) is 7.82. The molecule has 5 heteroatoms.